The van der Waals surface area contributed by atoms with E-state index in [0.717, 1.165) is 18.6 Å². The summed E-state index contributed by atoms with van der Waals surface area (Å²) in [6.07, 6.45) is 6.20. The molecule has 0 saturated heterocycles. The average molecular weight is 292 g/mol. The molecule has 2 atom stereocenters. The highest BCUT2D eigenvalue weighted by Crippen LogP contribution is 2.35. The van der Waals surface area contributed by atoms with E-state index in [9.17, 15) is 0 Å². The first-order valence-corrected chi connectivity index (χ1v) is 7.52. The van der Waals surface area contributed by atoms with Crippen LogP contribution in [0.15, 0.2) is 23.4 Å². The molecule has 1 aliphatic rings. The first-order chi connectivity index (χ1) is 10.2. The summed E-state index contributed by atoms with van der Waals surface area (Å²) in [6.45, 7) is 2.21. The fourth-order valence-electron chi connectivity index (χ4n) is 2.94. The average Bonchev–Trinajstić information content (AvgIpc) is 2.54. The number of rotatable bonds is 5. The zero-order valence-corrected chi connectivity index (χ0v) is 12.7. The summed E-state index contributed by atoms with van der Waals surface area (Å²) in [5, 5.41) is 11.7. The van der Waals surface area contributed by atoms with Crippen molar-refractivity contribution >= 4 is 5.84 Å². The van der Waals surface area contributed by atoms with E-state index in [1.54, 1.807) is 19.2 Å². The number of nitrogens with two attached hydrogens (primary N) is 1. The highest BCUT2D eigenvalue weighted by atomic mass is 16.5. The van der Waals surface area contributed by atoms with Crippen molar-refractivity contribution in [3.63, 3.8) is 0 Å². The molecule has 1 fully saturated rings. The van der Waals surface area contributed by atoms with Crippen LogP contribution in [0, 0.1) is 5.92 Å². The normalized spacial score (nSPS) is 22.9. The molecular formula is C16H24N2O3. The van der Waals surface area contributed by atoms with Crippen LogP contribution < -0.4 is 15.2 Å². The molecule has 0 spiro atoms. The lowest BCUT2D eigenvalue weighted by Gasteiger charge is -2.31. The molecule has 1 aromatic carbocycles. The summed E-state index contributed by atoms with van der Waals surface area (Å²) in [5.74, 6) is 1.99. The maximum absolute atomic E-state index is 8.74. The number of hydrogen-bond donors (Lipinski definition) is 2. The molecule has 0 heterocycles. The Morgan fingerprint density at radius 2 is 2.10 bits per heavy atom. The van der Waals surface area contributed by atoms with Gasteiger partial charge >= 0.3 is 0 Å². The topological polar surface area (TPSA) is 77.1 Å². The van der Waals surface area contributed by atoms with Crippen LogP contribution >= 0.6 is 0 Å². The van der Waals surface area contributed by atoms with Crippen LogP contribution in [0.3, 0.4) is 0 Å². The monoisotopic (exact) mass is 292 g/mol. The number of hydrogen-bond acceptors (Lipinski definition) is 4. The van der Waals surface area contributed by atoms with Crippen LogP contribution in [0.4, 0.5) is 0 Å². The Balaban J connectivity index is 2.19. The van der Waals surface area contributed by atoms with Gasteiger partial charge in [0, 0.05) is 5.56 Å². The number of ether oxygens (including phenoxy) is 2. The zero-order valence-electron chi connectivity index (χ0n) is 12.7. The minimum Gasteiger partial charge on any atom is -0.493 e. The molecule has 0 aromatic heterocycles. The minimum absolute atomic E-state index is 0.0592. The van der Waals surface area contributed by atoms with Gasteiger partial charge in [0.2, 0.25) is 0 Å². The van der Waals surface area contributed by atoms with Gasteiger partial charge in [-0.25, -0.2) is 0 Å². The molecule has 1 saturated carbocycles. The number of oxime groups is 1. The lowest BCUT2D eigenvalue weighted by atomic mass is 9.85. The molecule has 2 rings (SSSR count). The minimum atomic E-state index is 0.0592. The fourth-order valence-corrected chi connectivity index (χ4v) is 2.94. The molecule has 5 heteroatoms. The maximum Gasteiger partial charge on any atom is 0.170 e. The van der Waals surface area contributed by atoms with Gasteiger partial charge in [-0.15, -0.1) is 0 Å². The molecule has 1 aromatic rings. The molecule has 0 aliphatic heterocycles. The predicted molar refractivity (Wildman–Crippen MR) is 82.2 cm³/mol. The third kappa shape index (κ3) is 3.60. The molecule has 0 radical (unpaired) electrons. The Morgan fingerprint density at radius 3 is 2.76 bits per heavy atom. The molecule has 21 heavy (non-hydrogen) atoms. The first kappa shape index (κ1) is 15.5. The Labute approximate surface area is 125 Å². The Morgan fingerprint density at radius 1 is 1.33 bits per heavy atom. The summed E-state index contributed by atoms with van der Waals surface area (Å²) in [6, 6.07) is 5.33. The van der Waals surface area contributed by atoms with Crippen LogP contribution in [0.25, 0.3) is 0 Å². The zero-order chi connectivity index (χ0) is 15.2. The highest BCUT2D eigenvalue weighted by molar-refractivity contribution is 5.97. The second-order valence-corrected chi connectivity index (χ2v) is 5.46. The lowest BCUT2D eigenvalue weighted by molar-refractivity contribution is 0.0873. The number of benzene rings is 1. The van der Waals surface area contributed by atoms with Crippen LogP contribution in [-0.2, 0) is 0 Å². The number of amidine groups is 1. The molecular weight excluding hydrogens is 268 g/mol. The largest absolute Gasteiger partial charge is 0.493 e. The molecule has 5 nitrogen and oxygen atoms in total. The van der Waals surface area contributed by atoms with Gasteiger partial charge < -0.3 is 20.4 Å². The van der Waals surface area contributed by atoms with E-state index < -0.39 is 0 Å². The number of methoxy groups -OCH3 is 1. The summed E-state index contributed by atoms with van der Waals surface area (Å²) >= 11 is 0. The van der Waals surface area contributed by atoms with Crippen molar-refractivity contribution in [3.05, 3.63) is 23.8 Å². The molecule has 0 amide bonds. The lowest BCUT2D eigenvalue weighted by Crippen LogP contribution is -2.30. The Bertz CT molecular complexity index is 502. The Hall–Kier alpha value is -1.91. The van der Waals surface area contributed by atoms with Gasteiger partial charge in [-0.1, -0.05) is 18.5 Å². The van der Waals surface area contributed by atoms with Gasteiger partial charge in [-0.05, 0) is 49.8 Å². The molecule has 2 unspecified atom stereocenters. The molecule has 116 valence electrons. The van der Waals surface area contributed by atoms with E-state index in [0.29, 0.717) is 17.2 Å². The van der Waals surface area contributed by atoms with Crippen molar-refractivity contribution in [2.75, 3.05) is 7.11 Å². The van der Waals surface area contributed by atoms with Crippen LogP contribution in [0.1, 0.15) is 44.6 Å². The van der Waals surface area contributed by atoms with E-state index in [-0.39, 0.29) is 11.9 Å². The summed E-state index contributed by atoms with van der Waals surface area (Å²) < 4.78 is 11.6. The number of nitrogens with zero attached hydrogens (tertiary/aromatic N) is 1. The molecule has 3 N–H and O–H groups in total. The van der Waals surface area contributed by atoms with Crippen molar-refractivity contribution in [2.45, 2.75) is 45.1 Å². The van der Waals surface area contributed by atoms with E-state index in [4.69, 9.17) is 20.4 Å². The quantitative estimate of drug-likeness (QED) is 0.378. The summed E-state index contributed by atoms with van der Waals surface area (Å²) in [5.41, 5.74) is 6.21. The van der Waals surface area contributed by atoms with Crippen LogP contribution in [0.2, 0.25) is 0 Å². The second kappa shape index (κ2) is 7.20. The van der Waals surface area contributed by atoms with E-state index in [2.05, 4.69) is 12.1 Å². The summed E-state index contributed by atoms with van der Waals surface area (Å²) in [7, 11) is 1.59. The van der Waals surface area contributed by atoms with Crippen molar-refractivity contribution in [2.24, 2.45) is 16.8 Å². The van der Waals surface area contributed by atoms with Crippen molar-refractivity contribution < 1.29 is 14.7 Å². The van der Waals surface area contributed by atoms with Crippen LogP contribution in [-0.4, -0.2) is 24.3 Å². The van der Waals surface area contributed by atoms with Gasteiger partial charge in [0.1, 0.15) is 6.10 Å². The fraction of sp³-hybridized carbons (Fsp3) is 0.562. The van der Waals surface area contributed by atoms with E-state index in [1.807, 2.05) is 6.07 Å². The predicted octanol–water partition coefficient (Wildman–Crippen LogP) is 3.14. The van der Waals surface area contributed by atoms with Gasteiger partial charge in [0.15, 0.2) is 17.3 Å². The SMILES string of the molecule is CCC1CCCCC1Oc1ccc(C(N)=NO)cc1OC. The third-order valence-electron chi connectivity index (χ3n) is 4.21. The van der Waals surface area contributed by atoms with Gasteiger partial charge in [-0.3, -0.25) is 0 Å². The van der Waals surface area contributed by atoms with E-state index in [1.165, 1.54) is 19.3 Å². The third-order valence-corrected chi connectivity index (χ3v) is 4.21. The van der Waals surface area contributed by atoms with Crippen LogP contribution in [0.5, 0.6) is 11.5 Å². The van der Waals surface area contributed by atoms with Crippen molar-refractivity contribution in [1.29, 1.82) is 0 Å². The highest BCUT2D eigenvalue weighted by Gasteiger charge is 2.26. The van der Waals surface area contributed by atoms with Crippen molar-refractivity contribution in [3.8, 4) is 11.5 Å². The van der Waals surface area contributed by atoms with Gasteiger partial charge in [-0.2, -0.15) is 0 Å². The van der Waals surface area contributed by atoms with Gasteiger partial charge in [0.25, 0.3) is 0 Å². The maximum atomic E-state index is 8.74. The first-order valence-electron chi connectivity index (χ1n) is 7.52. The summed E-state index contributed by atoms with van der Waals surface area (Å²) in [4.78, 5) is 0. The smallest absolute Gasteiger partial charge is 0.170 e. The second-order valence-electron chi connectivity index (χ2n) is 5.46. The Kier molecular flexibility index (Phi) is 5.31. The molecule has 0 bridgehead atoms. The van der Waals surface area contributed by atoms with Gasteiger partial charge in [0.05, 0.1) is 7.11 Å². The van der Waals surface area contributed by atoms with Crippen molar-refractivity contribution in [1.82, 2.24) is 0 Å². The molecule has 1 aliphatic carbocycles. The van der Waals surface area contributed by atoms with E-state index >= 15 is 0 Å². The standard InChI is InChI=1S/C16H24N2O3/c1-3-11-6-4-5-7-13(11)21-14-9-8-12(16(17)18-19)10-15(14)20-2/h8-11,13,19H,3-7H2,1-2H3,(H2,17,18).